The molecule has 2 saturated heterocycles. The van der Waals surface area contributed by atoms with Gasteiger partial charge in [-0.3, -0.25) is 0 Å². The van der Waals surface area contributed by atoms with Crippen LogP contribution in [-0.4, -0.2) is 75.5 Å². The van der Waals surface area contributed by atoms with Crippen molar-refractivity contribution in [3.05, 3.63) is 0 Å². The van der Waals surface area contributed by atoms with Crippen LogP contribution in [0.4, 0.5) is 0 Å². The molecule has 1 aliphatic carbocycles. The van der Waals surface area contributed by atoms with Crippen molar-refractivity contribution in [3.63, 3.8) is 0 Å². The maximum absolute atomic E-state index is 5.52. The van der Waals surface area contributed by atoms with Gasteiger partial charge in [0.05, 0.1) is 40.4 Å². The van der Waals surface area contributed by atoms with Gasteiger partial charge in [0.2, 0.25) is 0 Å². The first-order valence-electron chi connectivity index (χ1n) is 8.34. The summed E-state index contributed by atoms with van der Waals surface area (Å²) in [5.41, 5.74) is 0. The van der Waals surface area contributed by atoms with Gasteiger partial charge in [0, 0.05) is 11.8 Å². The second kappa shape index (κ2) is 6.80. The lowest BCUT2D eigenvalue weighted by Gasteiger charge is -2.40. The molecule has 0 N–H and O–H groups in total. The molecule has 20 heavy (non-hydrogen) atoms. The van der Waals surface area contributed by atoms with Crippen LogP contribution in [-0.2, 0) is 4.74 Å². The number of halogens is 1. The van der Waals surface area contributed by atoms with Crippen LogP contribution in [0.25, 0.3) is 0 Å². The Morgan fingerprint density at radius 3 is 1.90 bits per heavy atom. The summed E-state index contributed by atoms with van der Waals surface area (Å²) < 4.78 is 8.11. The summed E-state index contributed by atoms with van der Waals surface area (Å²) in [5.74, 6) is 2.10. The van der Waals surface area contributed by atoms with Gasteiger partial charge in [-0.15, -0.1) is 0 Å². The molecule has 4 heteroatoms. The Kier molecular flexibility index (Phi) is 5.77. The van der Waals surface area contributed by atoms with Crippen LogP contribution >= 0.6 is 0 Å². The van der Waals surface area contributed by atoms with Crippen LogP contribution in [0, 0.1) is 11.8 Å². The van der Waals surface area contributed by atoms with Crippen LogP contribution in [0.3, 0.4) is 0 Å². The van der Waals surface area contributed by atoms with Gasteiger partial charge in [-0.05, 0) is 12.8 Å². The van der Waals surface area contributed by atoms with E-state index in [-0.39, 0.29) is 24.0 Å². The van der Waals surface area contributed by atoms with Gasteiger partial charge < -0.3 is 37.7 Å². The van der Waals surface area contributed by atoms with E-state index in [0.29, 0.717) is 0 Å². The topological polar surface area (TPSA) is 9.23 Å². The number of fused-ring (bicyclic) bond motifs is 1. The maximum Gasteiger partial charge on any atom is 0.128 e. The van der Waals surface area contributed by atoms with Crippen LogP contribution in [0.2, 0.25) is 0 Å². The van der Waals surface area contributed by atoms with E-state index < -0.39 is 0 Å². The molecule has 0 spiro atoms. The number of likely N-dealkylation sites (N-methyl/N-ethyl adjacent to an activating group) is 2. The summed E-state index contributed by atoms with van der Waals surface area (Å²) in [6.07, 6.45) is 6.01. The zero-order valence-electron chi connectivity index (χ0n) is 13.3. The number of rotatable bonds is 3. The van der Waals surface area contributed by atoms with Crippen molar-refractivity contribution in [2.75, 3.05) is 66.6 Å². The zero-order chi connectivity index (χ0) is 13.3. The highest BCUT2D eigenvalue weighted by Crippen LogP contribution is 2.38. The highest BCUT2D eigenvalue weighted by atomic mass is 127. The molecule has 3 rings (SSSR count). The molecule has 0 radical (unpaired) electrons. The van der Waals surface area contributed by atoms with E-state index in [2.05, 4.69) is 14.1 Å². The molecule has 3 aliphatic rings. The van der Waals surface area contributed by atoms with Crippen LogP contribution < -0.4 is 24.0 Å². The normalized spacial score (nSPS) is 39.9. The van der Waals surface area contributed by atoms with Gasteiger partial charge in [0.25, 0.3) is 0 Å². The lowest BCUT2D eigenvalue weighted by atomic mass is 9.82. The van der Waals surface area contributed by atoms with Crippen LogP contribution in [0.5, 0.6) is 0 Å². The van der Waals surface area contributed by atoms with Gasteiger partial charge in [-0.1, -0.05) is 12.8 Å². The van der Waals surface area contributed by atoms with E-state index in [1.165, 1.54) is 73.9 Å². The third-order valence-corrected chi connectivity index (χ3v) is 6.15. The van der Waals surface area contributed by atoms with Crippen molar-refractivity contribution in [2.45, 2.75) is 25.7 Å². The molecule has 2 atom stereocenters. The minimum absolute atomic E-state index is 0. The summed E-state index contributed by atoms with van der Waals surface area (Å²) in [6.45, 7) is 10.0. The summed E-state index contributed by atoms with van der Waals surface area (Å²) in [5, 5.41) is 0. The van der Waals surface area contributed by atoms with Gasteiger partial charge in [-0.25, -0.2) is 0 Å². The number of morpholine rings is 1. The third kappa shape index (κ3) is 3.87. The molecule has 0 aromatic rings. The standard InChI is InChI=1S/C16H32N2O.HI/c1-17(9-11-19-12-10-17)7-8-18(2)13-15-5-3-4-6-16(15)14-18;/h15-16H,3-14H2,1-2H3;1H/q+2;/p-1. The van der Waals surface area contributed by atoms with E-state index in [1.54, 1.807) is 0 Å². The lowest BCUT2D eigenvalue weighted by molar-refractivity contribution is -0.963. The molecule has 0 amide bonds. The van der Waals surface area contributed by atoms with Crippen molar-refractivity contribution in [1.82, 2.24) is 0 Å². The molecular weight excluding hydrogens is 363 g/mol. The molecule has 2 aliphatic heterocycles. The van der Waals surface area contributed by atoms with E-state index in [9.17, 15) is 0 Å². The Bertz CT molecular complexity index is 304. The number of hydrogen-bond acceptors (Lipinski definition) is 1. The Labute approximate surface area is 141 Å². The Morgan fingerprint density at radius 1 is 0.850 bits per heavy atom. The fourth-order valence-electron chi connectivity index (χ4n) is 4.64. The average Bonchev–Trinajstić information content (AvgIpc) is 2.74. The van der Waals surface area contributed by atoms with Crippen LogP contribution in [0.15, 0.2) is 0 Å². The smallest absolute Gasteiger partial charge is 0.128 e. The van der Waals surface area contributed by atoms with Gasteiger partial charge >= 0.3 is 0 Å². The van der Waals surface area contributed by atoms with Crippen molar-refractivity contribution in [3.8, 4) is 0 Å². The highest BCUT2D eigenvalue weighted by molar-refractivity contribution is 4.80. The largest absolute Gasteiger partial charge is 1.00 e. The number of ether oxygens (including phenoxy) is 1. The first-order chi connectivity index (χ1) is 9.09. The fraction of sp³-hybridized carbons (Fsp3) is 1.00. The van der Waals surface area contributed by atoms with E-state index in [0.717, 1.165) is 25.0 Å². The van der Waals surface area contributed by atoms with Crippen molar-refractivity contribution < 1.29 is 37.7 Å². The number of nitrogens with zero attached hydrogens (tertiary/aromatic N) is 2. The number of likely N-dealkylation sites (tertiary alicyclic amines) is 1. The predicted molar refractivity (Wildman–Crippen MR) is 77.8 cm³/mol. The highest BCUT2D eigenvalue weighted by Gasteiger charge is 2.44. The van der Waals surface area contributed by atoms with Gasteiger partial charge in [-0.2, -0.15) is 0 Å². The summed E-state index contributed by atoms with van der Waals surface area (Å²) in [4.78, 5) is 0. The first kappa shape index (κ1) is 17.0. The molecule has 0 aromatic carbocycles. The van der Waals surface area contributed by atoms with Crippen molar-refractivity contribution >= 4 is 0 Å². The summed E-state index contributed by atoms with van der Waals surface area (Å²) in [6, 6.07) is 0. The SMILES string of the molecule is C[N+]1(CC[N+]2(C)CC3CCCCC3C2)CCOCC1.[I-]. The minimum Gasteiger partial charge on any atom is -1.00 e. The van der Waals surface area contributed by atoms with E-state index in [4.69, 9.17) is 4.74 Å². The Morgan fingerprint density at radius 2 is 1.35 bits per heavy atom. The summed E-state index contributed by atoms with van der Waals surface area (Å²) >= 11 is 0. The summed E-state index contributed by atoms with van der Waals surface area (Å²) in [7, 11) is 4.95. The second-order valence-corrected chi connectivity index (χ2v) is 7.92. The minimum atomic E-state index is 0. The van der Waals surface area contributed by atoms with E-state index in [1.807, 2.05) is 0 Å². The first-order valence-corrected chi connectivity index (χ1v) is 8.34. The van der Waals surface area contributed by atoms with E-state index >= 15 is 0 Å². The maximum atomic E-state index is 5.52. The predicted octanol–water partition coefficient (Wildman–Crippen LogP) is -1.27. The van der Waals surface area contributed by atoms with Crippen molar-refractivity contribution in [1.29, 1.82) is 0 Å². The molecule has 2 unspecified atom stereocenters. The quantitative estimate of drug-likeness (QED) is 0.428. The fourth-order valence-corrected chi connectivity index (χ4v) is 4.64. The average molecular weight is 395 g/mol. The number of quaternary nitrogens is 2. The van der Waals surface area contributed by atoms with Gasteiger partial charge in [0.1, 0.15) is 26.2 Å². The molecule has 0 aromatic heterocycles. The number of hydrogen-bond donors (Lipinski definition) is 0. The second-order valence-electron chi connectivity index (χ2n) is 7.92. The molecule has 3 fully saturated rings. The molecule has 1 saturated carbocycles. The molecular formula is C16H32IN2O+. The Balaban J connectivity index is 0.00000147. The zero-order valence-corrected chi connectivity index (χ0v) is 15.5. The molecule has 118 valence electrons. The molecule has 3 nitrogen and oxygen atoms in total. The molecule has 2 heterocycles. The monoisotopic (exact) mass is 395 g/mol. The third-order valence-electron chi connectivity index (χ3n) is 6.15. The lowest BCUT2D eigenvalue weighted by Crippen LogP contribution is -3.00. The molecule has 0 bridgehead atoms. The van der Waals surface area contributed by atoms with Crippen LogP contribution in [0.1, 0.15) is 25.7 Å². The van der Waals surface area contributed by atoms with Gasteiger partial charge in [0.15, 0.2) is 0 Å². The van der Waals surface area contributed by atoms with Crippen molar-refractivity contribution in [2.24, 2.45) is 11.8 Å². The Hall–Kier alpha value is 0.610.